The largest absolute Gasteiger partial charge is 0.493 e. The van der Waals surface area contributed by atoms with Gasteiger partial charge in [0.15, 0.2) is 0 Å². The zero-order chi connectivity index (χ0) is 15.1. The highest BCUT2D eigenvalue weighted by atomic mass is 16.5. The molecule has 0 atom stereocenters. The third-order valence-electron chi connectivity index (χ3n) is 4.06. The van der Waals surface area contributed by atoms with Gasteiger partial charge in [-0.3, -0.25) is 4.79 Å². The molecule has 1 amide bonds. The first kappa shape index (κ1) is 15.8. The van der Waals surface area contributed by atoms with E-state index in [0.29, 0.717) is 32.0 Å². The van der Waals surface area contributed by atoms with Gasteiger partial charge in [-0.1, -0.05) is 18.2 Å². The lowest BCUT2D eigenvalue weighted by Gasteiger charge is -2.37. The molecule has 4 nitrogen and oxygen atoms in total. The Hall–Kier alpha value is -1.55. The van der Waals surface area contributed by atoms with Gasteiger partial charge in [-0.15, -0.1) is 0 Å². The zero-order valence-electron chi connectivity index (χ0n) is 12.8. The van der Waals surface area contributed by atoms with E-state index in [1.807, 2.05) is 36.1 Å². The standard InChI is InChI=1S/C17H25NO3/c1-14-6-2-3-9-16(14)21-13-5-10-17(20)18(11-12-19)15-7-4-8-15/h2-3,6,9,15,19H,4-5,7-8,10-13H2,1H3. The van der Waals surface area contributed by atoms with Gasteiger partial charge in [-0.25, -0.2) is 0 Å². The lowest BCUT2D eigenvalue weighted by Crippen LogP contribution is -2.45. The molecule has 0 bridgehead atoms. The van der Waals surface area contributed by atoms with Crippen molar-refractivity contribution < 1.29 is 14.6 Å². The molecule has 21 heavy (non-hydrogen) atoms. The smallest absolute Gasteiger partial charge is 0.223 e. The Balaban J connectivity index is 1.71. The van der Waals surface area contributed by atoms with E-state index in [0.717, 1.165) is 24.2 Å². The van der Waals surface area contributed by atoms with Crippen molar-refractivity contribution in [1.29, 1.82) is 0 Å². The van der Waals surface area contributed by atoms with Crippen molar-refractivity contribution in [2.45, 2.75) is 45.1 Å². The number of carbonyl (C=O) groups is 1. The van der Waals surface area contributed by atoms with Gasteiger partial charge in [0, 0.05) is 19.0 Å². The summed E-state index contributed by atoms with van der Waals surface area (Å²) in [5.74, 6) is 1.03. The predicted octanol–water partition coefficient (Wildman–Crippen LogP) is 2.53. The van der Waals surface area contributed by atoms with Crippen molar-refractivity contribution in [1.82, 2.24) is 4.90 Å². The van der Waals surface area contributed by atoms with Crippen LogP contribution in [0.1, 0.15) is 37.7 Å². The first-order chi connectivity index (χ1) is 10.2. The fourth-order valence-electron chi connectivity index (χ4n) is 2.58. The van der Waals surface area contributed by atoms with Gasteiger partial charge >= 0.3 is 0 Å². The number of para-hydroxylation sites is 1. The molecule has 0 saturated heterocycles. The van der Waals surface area contributed by atoms with Crippen LogP contribution in [0.2, 0.25) is 0 Å². The number of hydrogen-bond donors (Lipinski definition) is 1. The fourth-order valence-corrected chi connectivity index (χ4v) is 2.58. The number of aliphatic hydroxyl groups excluding tert-OH is 1. The minimum atomic E-state index is 0.0436. The Morgan fingerprint density at radius 3 is 2.76 bits per heavy atom. The molecule has 1 aliphatic carbocycles. The summed E-state index contributed by atoms with van der Waals surface area (Å²) in [7, 11) is 0. The number of rotatable bonds is 8. The fraction of sp³-hybridized carbons (Fsp3) is 0.588. The highest BCUT2D eigenvalue weighted by Gasteiger charge is 2.27. The van der Waals surface area contributed by atoms with Gasteiger partial charge in [-0.2, -0.15) is 0 Å². The summed E-state index contributed by atoms with van der Waals surface area (Å²) >= 11 is 0. The maximum Gasteiger partial charge on any atom is 0.223 e. The summed E-state index contributed by atoms with van der Waals surface area (Å²) < 4.78 is 5.71. The van der Waals surface area contributed by atoms with Crippen molar-refractivity contribution in [3.63, 3.8) is 0 Å². The van der Waals surface area contributed by atoms with E-state index < -0.39 is 0 Å². The van der Waals surface area contributed by atoms with Crippen molar-refractivity contribution in [3.8, 4) is 5.75 Å². The quantitative estimate of drug-likeness (QED) is 0.749. The summed E-state index contributed by atoms with van der Waals surface area (Å²) in [6, 6.07) is 8.25. The second-order valence-electron chi connectivity index (χ2n) is 5.61. The molecular weight excluding hydrogens is 266 g/mol. The van der Waals surface area contributed by atoms with Crippen LogP contribution < -0.4 is 4.74 Å². The molecule has 1 aromatic carbocycles. The first-order valence-electron chi connectivity index (χ1n) is 7.81. The van der Waals surface area contributed by atoms with E-state index in [-0.39, 0.29) is 12.5 Å². The topological polar surface area (TPSA) is 49.8 Å². The van der Waals surface area contributed by atoms with Crippen LogP contribution in [0, 0.1) is 6.92 Å². The van der Waals surface area contributed by atoms with E-state index >= 15 is 0 Å². The molecular formula is C17H25NO3. The van der Waals surface area contributed by atoms with Crippen molar-refractivity contribution in [2.24, 2.45) is 0 Å². The number of benzene rings is 1. The van der Waals surface area contributed by atoms with Crippen LogP contribution in [0.25, 0.3) is 0 Å². The molecule has 1 saturated carbocycles. The monoisotopic (exact) mass is 291 g/mol. The molecule has 0 aliphatic heterocycles. The van der Waals surface area contributed by atoms with Gasteiger partial charge < -0.3 is 14.7 Å². The van der Waals surface area contributed by atoms with Gasteiger partial charge in [0.05, 0.1) is 13.2 Å². The summed E-state index contributed by atoms with van der Waals surface area (Å²) in [6.07, 6.45) is 4.54. The Kier molecular flexibility index (Phi) is 6.05. The Morgan fingerprint density at radius 1 is 1.38 bits per heavy atom. The second kappa shape index (κ2) is 8.03. The van der Waals surface area contributed by atoms with Crippen LogP contribution >= 0.6 is 0 Å². The molecule has 0 aromatic heterocycles. The molecule has 0 unspecified atom stereocenters. The maximum atomic E-state index is 12.2. The average molecular weight is 291 g/mol. The summed E-state index contributed by atoms with van der Waals surface area (Å²) in [5.41, 5.74) is 1.11. The molecule has 1 fully saturated rings. The van der Waals surface area contributed by atoms with Crippen LogP contribution in [0.3, 0.4) is 0 Å². The van der Waals surface area contributed by atoms with Gasteiger partial charge in [0.2, 0.25) is 5.91 Å². The maximum absolute atomic E-state index is 12.2. The van der Waals surface area contributed by atoms with Gasteiger partial charge in [-0.05, 0) is 44.2 Å². The Morgan fingerprint density at radius 2 is 2.14 bits per heavy atom. The third-order valence-corrected chi connectivity index (χ3v) is 4.06. The van der Waals surface area contributed by atoms with Crippen molar-refractivity contribution in [3.05, 3.63) is 29.8 Å². The lowest BCUT2D eigenvalue weighted by molar-refractivity contribution is -0.136. The molecule has 2 rings (SSSR count). The third kappa shape index (κ3) is 4.46. The zero-order valence-corrected chi connectivity index (χ0v) is 12.8. The molecule has 4 heteroatoms. The number of nitrogens with zero attached hydrogens (tertiary/aromatic N) is 1. The average Bonchev–Trinajstić information content (AvgIpc) is 2.42. The number of carbonyl (C=O) groups excluding carboxylic acids is 1. The minimum Gasteiger partial charge on any atom is -0.493 e. The Bertz CT molecular complexity index is 457. The summed E-state index contributed by atoms with van der Waals surface area (Å²) in [5, 5.41) is 9.09. The number of hydrogen-bond acceptors (Lipinski definition) is 3. The predicted molar refractivity (Wildman–Crippen MR) is 82.3 cm³/mol. The van der Waals surface area contributed by atoms with E-state index in [9.17, 15) is 4.79 Å². The van der Waals surface area contributed by atoms with E-state index in [2.05, 4.69) is 0 Å². The lowest BCUT2D eigenvalue weighted by atomic mass is 9.91. The van der Waals surface area contributed by atoms with Crippen LogP contribution in [0.15, 0.2) is 24.3 Å². The van der Waals surface area contributed by atoms with E-state index in [1.54, 1.807) is 0 Å². The highest BCUT2D eigenvalue weighted by Crippen LogP contribution is 2.25. The van der Waals surface area contributed by atoms with Crippen LogP contribution in [-0.2, 0) is 4.79 Å². The first-order valence-corrected chi connectivity index (χ1v) is 7.81. The van der Waals surface area contributed by atoms with Gasteiger partial charge in [0.1, 0.15) is 5.75 Å². The molecule has 0 spiro atoms. The second-order valence-corrected chi connectivity index (χ2v) is 5.61. The molecule has 1 aromatic rings. The van der Waals surface area contributed by atoms with E-state index in [4.69, 9.17) is 9.84 Å². The molecule has 0 radical (unpaired) electrons. The molecule has 1 aliphatic rings. The number of ether oxygens (including phenoxy) is 1. The highest BCUT2D eigenvalue weighted by molar-refractivity contribution is 5.76. The SMILES string of the molecule is Cc1ccccc1OCCCC(=O)N(CCO)C1CCC1. The number of amides is 1. The van der Waals surface area contributed by atoms with Crippen molar-refractivity contribution in [2.75, 3.05) is 19.8 Å². The van der Waals surface area contributed by atoms with E-state index in [1.165, 1.54) is 6.42 Å². The van der Waals surface area contributed by atoms with Crippen LogP contribution in [0.4, 0.5) is 0 Å². The molecule has 1 N–H and O–H groups in total. The summed E-state index contributed by atoms with van der Waals surface area (Å²) in [4.78, 5) is 14.0. The van der Waals surface area contributed by atoms with Crippen LogP contribution in [0.5, 0.6) is 5.75 Å². The number of aliphatic hydroxyl groups is 1. The normalized spacial score (nSPS) is 14.6. The van der Waals surface area contributed by atoms with Crippen molar-refractivity contribution >= 4 is 5.91 Å². The summed E-state index contributed by atoms with van der Waals surface area (Å²) in [6.45, 7) is 3.07. The number of aryl methyl sites for hydroxylation is 1. The van der Waals surface area contributed by atoms with Crippen LogP contribution in [-0.4, -0.2) is 41.7 Å². The Labute approximate surface area is 126 Å². The molecule has 0 heterocycles. The van der Waals surface area contributed by atoms with Gasteiger partial charge in [0.25, 0.3) is 0 Å². The minimum absolute atomic E-state index is 0.0436. The molecule has 116 valence electrons.